The molecule has 1 aliphatic heterocycles. The van der Waals surface area contributed by atoms with Crippen molar-refractivity contribution in [3.63, 3.8) is 0 Å². The largest absolute Gasteiger partial charge is 0.451 e. The van der Waals surface area contributed by atoms with Gasteiger partial charge in [-0.05, 0) is 50.6 Å². The van der Waals surface area contributed by atoms with Crippen LogP contribution in [0.5, 0.6) is 0 Å². The van der Waals surface area contributed by atoms with Crippen molar-refractivity contribution in [2.75, 3.05) is 6.54 Å². The third-order valence-corrected chi connectivity index (χ3v) is 4.05. The summed E-state index contributed by atoms with van der Waals surface area (Å²) in [6.45, 7) is 3.03. The second kappa shape index (κ2) is 7.62. The Bertz CT molecular complexity index is 674. The normalized spacial score (nSPS) is 20.6. The van der Waals surface area contributed by atoms with Gasteiger partial charge in [-0.15, -0.1) is 12.4 Å². The minimum atomic E-state index is -0.367. The van der Waals surface area contributed by atoms with Crippen molar-refractivity contribution in [3.8, 4) is 11.3 Å². The zero-order chi connectivity index (χ0) is 15.5. The molecule has 2 unspecified atom stereocenters. The summed E-state index contributed by atoms with van der Waals surface area (Å²) in [5.41, 5.74) is 0.356. The lowest BCUT2D eigenvalue weighted by Gasteiger charge is -2.30. The first-order chi connectivity index (χ1) is 10.6. The molecule has 1 aromatic carbocycles. The Hall–Kier alpha value is -1.85. The first-order valence-electron chi connectivity index (χ1n) is 7.54. The number of nitrogens with one attached hydrogen (secondary N) is 2. The van der Waals surface area contributed by atoms with Crippen molar-refractivity contribution < 1.29 is 13.6 Å². The fourth-order valence-corrected chi connectivity index (χ4v) is 2.75. The van der Waals surface area contributed by atoms with E-state index < -0.39 is 0 Å². The molecule has 1 saturated heterocycles. The first-order valence-corrected chi connectivity index (χ1v) is 7.54. The molecule has 0 radical (unpaired) electrons. The molecule has 2 atom stereocenters. The Labute approximate surface area is 140 Å². The van der Waals surface area contributed by atoms with Crippen molar-refractivity contribution in [1.82, 2.24) is 10.6 Å². The third-order valence-electron chi connectivity index (χ3n) is 4.05. The third kappa shape index (κ3) is 3.92. The fourth-order valence-electron chi connectivity index (χ4n) is 2.75. The summed E-state index contributed by atoms with van der Waals surface area (Å²) < 4.78 is 19.3. The number of halogens is 2. The fraction of sp³-hybridized carbons (Fsp3) is 0.353. The molecule has 124 valence electrons. The highest BCUT2D eigenvalue weighted by Gasteiger charge is 2.24. The molecule has 1 amide bonds. The standard InChI is InChI=1S/C17H19FN2O2.ClH/c1-11-14(7-4-10-19-11)20-17(21)16-9-8-15(22-16)12-5-2-3-6-13(12)18;/h2-3,5-6,8-9,11,14,19H,4,7,10H2,1H3,(H,20,21);1H. The summed E-state index contributed by atoms with van der Waals surface area (Å²) in [6.07, 6.45) is 1.98. The van der Waals surface area contributed by atoms with Gasteiger partial charge in [0, 0.05) is 12.1 Å². The van der Waals surface area contributed by atoms with Gasteiger partial charge in [-0.2, -0.15) is 0 Å². The highest BCUT2D eigenvalue weighted by Crippen LogP contribution is 2.24. The summed E-state index contributed by atoms with van der Waals surface area (Å²) in [5.74, 6) is -0.0638. The molecule has 2 aromatic rings. The van der Waals surface area contributed by atoms with Gasteiger partial charge in [0.05, 0.1) is 5.56 Å². The molecule has 0 aliphatic carbocycles. The number of furan rings is 1. The van der Waals surface area contributed by atoms with Gasteiger partial charge in [-0.25, -0.2) is 4.39 Å². The Kier molecular flexibility index (Phi) is 5.80. The maximum Gasteiger partial charge on any atom is 0.287 e. The van der Waals surface area contributed by atoms with Crippen LogP contribution in [0.3, 0.4) is 0 Å². The minimum Gasteiger partial charge on any atom is -0.451 e. The summed E-state index contributed by atoms with van der Waals surface area (Å²) in [4.78, 5) is 12.3. The molecule has 2 N–H and O–H groups in total. The molecule has 2 heterocycles. The van der Waals surface area contributed by atoms with Crippen LogP contribution in [0.2, 0.25) is 0 Å². The Morgan fingerprint density at radius 1 is 1.30 bits per heavy atom. The molecule has 1 aromatic heterocycles. The van der Waals surface area contributed by atoms with E-state index in [1.54, 1.807) is 30.3 Å². The molecule has 1 aliphatic rings. The smallest absolute Gasteiger partial charge is 0.287 e. The predicted octanol–water partition coefficient (Wildman–Crippen LogP) is 3.38. The van der Waals surface area contributed by atoms with E-state index in [9.17, 15) is 9.18 Å². The van der Waals surface area contributed by atoms with Gasteiger partial charge in [0.15, 0.2) is 5.76 Å². The van der Waals surface area contributed by atoms with Crippen LogP contribution in [0.4, 0.5) is 4.39 Å². The SMILES string of the molecule is CC1NCCCC1NC(=O)c1ccc(-c2ccccc2F)o1.Cl. The summed E-state index contributed by atoms with van der Waals surface area (Å²) in [6, 6.07) is 9.87. The average molecular weight is 339 g/mol. The molecule has 0 spiro atoms. The summed E-state index contributed by atoms with van der Waals surface area (Å²) in [5, 5.41) is 6.31. The average Bonchev–Trinajstić information content (AvgIpc) is 3.00. The van der Waals surface area contributed by atoms with E-state index in [-0.39, 0.29) is 42.0 Å². The van der Waals surface area contributed by atoms with Crippen molar-refractivity contribution >= 4 is 18.3 Å². The molecule has 6 heteroatoms. The van der Waals surface area contributed by atoms with Crippen LogP contribution in [0.25, 0.3) is 11.3 Å². The van der Waals surface area contributed by atoms with Gasteiger partial charge in [0.25, 0.3) is 5.91 Å². The summed E-state index contributed by atoms with van der Waals surface area (Å²) in [7, 11) is 0. The predicted molar refractivity (Wildman–Crippen MR) is 89.3 cm³/mol. The van der Waals surface area contributed by atoms with E-state index in [0.29, 0.717) is 11.3 Å². The number of rotatable bonds is 3. The topological polar surface area (TPSA) is 54.3 Å². The van der Waals surface area contributed by atoms with Crippen molar-refractivity contribution in [3.05, 3.63) is 48.0 Å². The van der Waals surface area contributed by atoms with Gasteiger partial charge in [0.2, 0.25) is 0 Å². The van der Waals surface area contributed by atoms with Crippen LogP contribution in [0.1, 0.15) is 30.3 Å². The molecule has 3 rings (SSSR count). The second-order valence-corrected chi connectivity index (χ2v) is 5.61. The minimum absolute atomic E-state index is 0. The number of benzene rings is 1. The quantitative estimate of drug-likeness (QED) is 0.902. The van der Waals surface area contributed by atoms with Gasteiger partial charge in [0.1, 0.15) is 11.6 Å². The van der Waals surface area contributed by atoms with Crippen molar-refractivity contribution in [2.24, 2.45) is 0 Å². The van der Waals surface area contributed by atoms with E-state index in [1.807, 2.05) is 0 Å². The van der Waals surface area contributed by atoms with E-state index in [2.05, 4.69) is 17.6 Å². The van der Waals surface area contributed by atoms with Crippen molar-refractivity contribution in [2.45, 2.75) is 31.8 Å². The van der Waals surface area contributed by atoms with Crippen LogP contribution < -0.4 is 10.6 Å². The number of carbonyl (C=O) groups is 1. The zero-order valence-electron chi connectivity index (χ0n) is 12.8. The van der Waals surface area contributed by atoms with E-state index in [4.69, 9.17) is 4.42 Å². The van der Waals surface area contributed by atoms with Crippen LogP contribution in [0, 0.1) is 5.82 Å². The highest BCUT2D eigenvalue weighted by molar-refractivity contribution is 5.92. The lowest BCUT2D eigenvalue weighted by Crippen LogP contribution is -2.51. The van der Waals surface area contributed by atoms with E-state index in [0.717, 1.165) is 19.4 Å². The number of hydrogen-bond acceptors (Lipinski definition) is 3. The monoisotopic (exact) mass is 338 g/mol. The molecule has 0 saturated carbocycles. The molecule has 1 fully saturated rings. The molecule has 23 heavy (non-hydrogen) atoms. The van der Waals surface area contributed by atoms with Crippen LogP contribution in [-0.2, 0) is 0 Å². The Morgan fingerprint density at radius 2 is 2.09 bits per heavy atom. The first kappa shape index (κ1) is 17.5. The van der Waals surface area contributed by atoms with Gasteiger partial charge in [-0.1, -0.05) is 12.1 Å². The number of amides is 1. The lowest BCUT2D eigenvalue weighted by atomic mass is 10.00. The number of piperidine rings is 1. The highest BCUT2D eigenvalue weighted by atomic mass is 35.5. The maximum absolute atomic E-state index is 13.7. The van der Waals surface area contributed by atoms with Gasteiger partial charge < -0.3 is 15.1 Å². The van der Waals surface area contributed by atoms with Gasteiger partial charge in [-0.3, -0.25) is 4.79 Å². The molecular weight excluding hydrogens is 319 g/mol. The van der Waals surface area contributed by atoms with Crippen molar-refractivity contribution in [1.29, 1.82) is 0 Å². The Morgan fingerprint density at radius 3 is 2.83 bits per heavy atom. The lowest BCUT2D eigenvalue weighted by molar-refractivity contribution is 0.0892. The second-order valence-electron chi connectivity index (χ2n) is 5.61. The Balaban J connectivity index is 0.00000192. The van der Waals surface area contributed by atoms with Gasteiger partial charge >= 0.3 is 0 Å². The molecule has 0 bridgehead atoms. The maximum atomic E-state index is 13.7. The van der Waals surface area contributed by atoms with Crippen LogP contribution >= 0.6 is 12.4 Å². The van der Waals surface area contributed by atoms with Crippen LogP contribution in [0.15, 0.2) is 40.8 Å². The molecular formula is C17H20ClFN2O2. The molecule has 4 nitrogen and oxygen atoms in total. The number of hydrogen-bond donors (Lipinski definition) is 2. The summed E-state index contributed by atoms with van der Waals surface area (Å²) >= 11 is 0. The zero-order valence-corrected chi connectivity index (χ0v) is 13.7. The van der Waals surface area contributed by atoms with E-state index >= 15 is 0 Å². The van der Waals surface area contributed by atoms with Crippen LogP contribution in [-0.4, -0.2) is 24.5 Å². The van der Waals surface area contributed by atoms with E-state index in [1.165, 1.54) is 6.07 Å². The number of carbonyl (C=O) groups excluding carboxylic acids is 1.